The molecular weight excluding hydrogens is 604 g/mol. The van der Waals surface area contributed by atoms with Crippen molar-refractivity contribution >= 4 is 29.1 Å². The number of benzene rings is 2. The number of aromatic nitrogens is 2. The number of halogens is 2. The number of nitrogens with zero attached hydrogens (tertiary/aromatic N) is 2. The Morgan fingerprint density at radius 3 is 2.67 bits per heavy atom. The number of thiophene rings is 1. The van der Waals surface area contributed by atoms with E-state index in [-0.39, 0.29) is 47.2 Å². The van der Waals surface area contributed by atoms with Gasteiger partial charge >= 0.3 is 0 Å². The molecule has 3 aliphatic rings. The first kappa shape index (κ1) is 29.3. The Morgan fingerprint density at radius 1 is 1.11 bits per heavy atom. The highest BCUT2D eigenvalue weighted by Crippen LogP contribution is 2.51. The summed E-state index contributed by atoms with van der Waals surface area (Å²) >= 11 is 1.49. The maximum absolute atomic E-state index is 14.9. The molecule has 3 amide bonds. The molecule has 2 aromatic carbocycles. The van der Waals surface area contributed by atoms with Gasteiger partial charge in [0.1, 0.15) is 6.04 Å². The first-order chi connectivity index (χ1) is 21.6. The zero-order chi connectivity index (χ0) is 31.3. The van der Waals surface area contributed by atoms with Crippen LogP contribution in [0.15, 0.2) is 66.4 Å². The van der Waals surface area contributed by atoms with Gasteiger partial charge < -0.3 is 30.0 Å². The van der Waals surface area contributed by atoms with E-state index in [4.69, 9.17) is 9.47 Å². The number of nitrogens with one attached hydrogen (secondary N) is 3. The summed E-state index contributed by atoms with van der Waals surface area (Å²) in [6.45, 7) is 2.17. The number of carbonyl (C=O) groups excluding carboxylic acids is 3. The topological polar surface area (TPSA) is 126 Å². The van der Waals surface area contributed by atoms with E-state index >= 15 is 0 Å². The van der Waals surface area contributed by atoms with Gasteiger partial charge in [0.05, 0.1) is 44.4 Å². The van der Waals surface area contributed by atoms with Gasteiger partial charge in [-0.25, -0.2) is 4.98 Å². The lowest BCUT2D eigenvalue weighted by Crippen LogP contribution is -2.49. The van der Waals surface area contributed by atoms with Crippen LogP contribution in [-0.2, 0) is 25.0 Å². The number of amides is 3. The van der Waals surface area contributed by atoms with E-state index in [2.05, 4.69) is 20.6 Å². The van der Waals surface area contributed by atoms with E-state index in [9.17, 15) is 23.2 Å². The van der Waals surface area contributed by atoms with Gasteiger partial charge in [-0.3, -0.25) is 14.4 Å². The third-order valence-electron chi connectivity index (χ3n) is 8.50. The lowest BCUT2D eigenvalue weighted by atomic mass is 10.0. The van der Waals surface area contributed by atoms with E-state index in [0.29, 0.717) is 18.8 Å². The molecule has 10 nitrogen and oxygen atoms in total. The lowest BCUT2D eigenvalue weighted by Gasteiger charge is -2.25. The Morgan fingerprint density at radius 2 is 1.89 bits per heavy atom. The Balaban J connectivity index is 1.04. The molecule has 4 aromatic rings. The molecule has 0 unspecified atom stereocenters. The highest BCUT2D eigenvalue weighted by Gasteiger charge is 2.52. The summed E-state index contributed by atoms with van der Waals surface area (Å²) in [5.41, 5.74) is 2.23. The second kappa shape index (κ2) is 11.2. The van der Waals surface area contributed by atoms with Gasteiger partial charge in [-0.05, 0) is 36.2 Å². The SMILES string of the molecule is C[C@@H](NC(=O)[C@@H]1CC2(CN1C(=O)CNC(=O)c1ccc3c(c1)-c1ccccc1C3(F)F)OCCO2)c1cc(-c2c[nH]cn2)cs1. The van der Waals surface area contributed by atoms with Crippen LogP contribution in [0.1, 0.15) is 45.7 Å². The van der Waals surface area contributed by atoms with Gasteiger partial charge in [0.25, 0.3) is 11.8 Å². The minimum absolute atomic E-state index is 0.0290. The summed E-state index contributed by atoms with van der Waals surface area (Å²) in [7, 11) is 0. The van der Waals surface area contributed by atoms with E-state index in [1.807, 2.05) is 18.4 Å². The van der Waals surface area contributed by atoms with Crippen molar-refractivity contribution in [2.75, 3.05) is 26.3 Å². The number of likely N-dealkylation sites (tertiary alicyclic amines) is 1. The van der Waals surface area contributed by atoms with Gasteiger partial charge in [0.2, 0.25) is 11.8 Å². The van der Waals surface area contributed by atoms with Crippen LogP contribution in [0.3, 0.4) is 0 Å². The number of rotatable bonds is 7. The molecule has 2 saturated heterocycles. The fraction of sp³-hybridized carbons (Fsp3) is 0.312. The molecule has 2 aromatic heterocycles. The van der Waals surface area contributed by atoms with Crippen molar-refractivity contribution in [3.8, 4) is 22.4 Å². The Kier molecular flexibility index (Phi) is 7.26. The molecule has 7 rings (SSSR count). The van der Waals surface area contributed by atoms with Gasteiger partial charge in [-0.1, -0.05) is 30.3 Å². The first-order valence-corrected chi connectivity index (χ1v) is 15.4. The molecule has 4 heterocycles. The summed E-state index contributed by atoms with van der Waals surface area (Å²) in [6, 6.07) is 10.9. The van der Waals surface area contributed by atoms with Gasteiger partial charge in [-0.2, -0.15) is 8.78 Å². The largest absolute Gasteiger partial charge is 0.351 e. The van der Waals surface area contributed by atoms with Crippen molar-refractivity contribution in [2.24, 2.45) is 0 Å². The summed E-state index contributed by atoms with van der Waals surface area (Å²) < 4.78 is 41.5. The highest BCUT2D eigenvalue weighted by atomic mass is 32.1. The van der Waals surface area contributed by atoms with Crippen LogP contribution >= 0.6 is 11.3 Å². The van der Waals surface area contributed by atoms with Crippen LogP contribution in [0.2, 0.25) is 0 Å². The molecule has 2 aliphatic heterocycles. The predicted octanol–water partition coefficient (Wildman–Crippen LogP) is 4.21. The Bertz CT molecular complexity index is 1790. The molecule has 232 valence electrons. The number of ether oxygens (including phenoxy) is 2. The molecule has 13 heteroatoms. The third kappa shape index (κ3) is 5.20. The molecule has 0 radical (unpaired) electrons. The zero-order valence-electron chi connectivity index (χ0n) is 24.1. The van der Waals surface area contributed by atoms with Crippen molar-refractivity contribution in [3.63, 3.8) is 0 Å². The van der Waals surface area contributed by atoms with Crippen LogP contribution in [0.4, 0.5) is 8.78 Å². The Labute approximate surface area is 260 Å². The number of hydrogen-bond acceptors (Lipinski definition) is 7. The molecular formula is C32H29F2N5O5S. The number of fused-ring (bicyclic) bond motifs is 3. The molecule has 3 N–H and O–H groups in total. The smallest absolute Gasteiger partial charge is 0.299 e. The molecule has 1 aliphatic carbocycles. The van der Waals surface area contributed by atoms with Crippen molar-refractivity contribution < 1.29 is 32.6 Å². The van der Waals surface area contributed by atoms with Crippen LogP contribution in [0.5, 0.6) is 0 Å². The lowest BCUT2D eigenvalue weighted by molar-refractivity contribution is -0.152. The molecule has 2 atom stereocenters. The molecule has 2 fully saturated rings. The van der Waals surface area contributed by atoms with Crippen molar-refractivity contribution in [2.45, 2.75) is 37.1 Å². The quantitative estimate of drug-likeness (QED) is 0.280. The summed E-state index contributed by atoms with van der Waals surface area (Å²) in [5, 5.41) is 7.56. The number of H-pyrrole nitrogens is 1. The highest BCUT2D eigenvalue weighted by molar-refractivity contribution is 7.10. The first-order valence-electron chi connectivity index (χ1n) is 14.5. The summed E-state index contributed by atoms with van der Waals surface area (Å²) in [5.74, 6) is -5.72. The van der Waals surface area contributed by atoms with Gasteiger partial charge in [0.15, 0.2) is 5.79 Å². The number of alkyl halides is 2. The van der Waals surface area contributed by atoms with Crippen molar-refractivity contribution in [3.05, 3.63) is 88.0 Å². The minimum Gasteiger partial charge on any atom is -0.351 e. The van der Waals surface area contributed by atoms with E-state index in [1.165, 1.54) is 40.5 Å². The predicted molar refractivity (Wildman–Crippen MR) is 160 cm³/mol. The molecule has 0 bridgehead atoms. The number of aromatic amines is 1. The monoisotopic (exact) mass is 633 g/mol. The van der Waals surface area contributed by atoms with E-state index in [0.717, 1.165) is 16.1 Å². The third-order valence-corrected chi connectivity index (χ3v) is 9.62. The Hall–Kier alpha value is -4.46. The second-order valence-corrected chi connectivity index (χ2v) is 12.3. The van der Waals surface area contributed by atoms with Crippen molar-refractivity contribution in [1.29, 1.82) is 0 Å². The fourth-order valence-electron chi connectivity index (χ4n) is 6.23. The number of carbonyl (C=O) groups is 3. The average molecular weight is 634 g/mol. The molecule has 0 saturated carbocycles. The van der Waals surface area contributed by atoms with Crippen LogP contribution in [0.25, 0.3) is 22.4 Å². The van der Waals surface area contributed by atoms with Crippen LogP contribution < -0.4 is 10.6 Å². The summed E-state index contributed by atoms with van der Waals surface area (Å²) in [4.78, 5) is 49.6. The maximum atomic E-state index is 14.9. The van der Waals surface area contributed by atoms with Crippen LogP contribution in [-0.4, -0.2) is 70.7 Å². The van der Waals surface area contributed by atoms with Crippen molar-refractivity contribution in [1.82, 2.24) is 25.5 Å². The normalized spacial score (nSPS) is 19.7. The average Bonchev–Trinajstić information content (AvgIpc) is 3.88. The standard InChI is InChI=1S/C32H29F2N5O5S/c1-18(27-11-20(15-45-27)25-13-35-17-37-25)38-30(42)26-12-31(43-8-9-44-31)16-39(26)28(40)14-36-29(41)19-6-7-24-22(10-19)21-4-2-3-5-23(21)32(24,33)34/h2-7,10-11,13,15,17-18,26H,8-9,12,14,16H2,1H3,(H,35,37)(H,36,41)(H,38,42)/t18-,26+/m1/s1. The minimum atomic E-state index is -3.16. The molecule has 45 heavy (non-hydrogen) atoms. The van der Waals surface area contributed by atoms with Gasteiger partial charge in [-0.15, -0.1) is 11.3 Å². The second-order valence-electron chi connectivity index (χ2n) is 11.3. The molecule has 1 spiro atoms. The van der Waals surface area contributed by atoms with E-state index < -0.39 is 36.1 Å². The van der Waals surface area contributed by atoms with Gasteiger partial charge in [0, 0.05) is 45.1 Å². The number of hydrogen-bond donors (Lipinski definition) is 3. The number of imidazole rings is 1. The zero-order valence-corrected chi connectivity index (χ0v) is 25.0. The fourth-order valence-corrected chi connectivity index (χ4v) is 7.14. The van der Waals surface area contributed by atoms with E-state index in [1.54, 1.807) is 30.7 Å². The maximum Gasteiger partial charge on any atom is 0.299 e. The summed E-state index contributed by atoms with van der Waals surface area (Å²) in [6.07, 6.45) is 3.53. The van der Waals surface area contributed by atoms with Crippen LogP contribution in [0, 0.1) is 0 Å².